The Bertz CT molecular complexity index is 1260. The van der Waals surface area contributed by atoms with Crippen LogP contribution in [-0.2, 0) is 33.4 Å². The van der Waals surface area contributed by atoms with Crippen molar-refractivity contribution in [2.45, 2.75) is 20.1 Å². The number of anilines is 1. The van der Waals surface area contributed by atoms with Gasteiger partial charge in [0.15, 0.2) is 0 Å². The molecule has 3 rings (SSSR count). The van der Waals surface area contributed by atoms with Crippen LogP contribution in [0.4, 0.5) is 13.5 Å². The van der Waals surface area contributed by atoms with E-state index in [1.807, 2.05) is 12.1 Å². The molecule has 0 unspecified atom stereocenters. The number of benzene rings is 2. The molecule has 0 amide bonds. The average molecular weight is 608 g/mol. The van der Waals surface area contributed by atoms with Gasteiger partial charge in [0.1, 0.15) is 29.6 Å². The molecule has 2 N–H and O–H groups in total. The Balaban J connectivity index is 0. The van der Waals surface area contributed by atoms with E-state index in [9.17, 15) is 24.6 Å². The van der Waals surface area contributed by atoms with E-state index in [0.29, 0.717) is 21.1 Å². The highest BCUT2D eigenvalue weighted by atomic mass is 35.5. The van der Waals surface area contributed by atoms with Crippen LogP contribution in [0.15, 0.2) is 60.9 Å². The van der Waals surface area contributed by atoms with Crippen LogP contribution in [0.5, 0.6) is 11.5 Å². The van der Waals surface area contributed by atoms with E-state index in [1.165, 1.54) is 36.9 Å². The molecule has 2 aromatic carbocycles. The Labute approximate surface area is 227 Å². The molecular weight excluding hydrogens is 575 g/mol. The number of nitrogen functional groups attached to an aromatic ring is 1. The predicted octanol–water partition coefficient (Wildman–Crippen LogP) is 4.51. The number of rotatable bonds is 5. The Morgan fingerprint density at radius 3 is 1.59 bits per heavy atom. The molecule has 0 spiro atoms. The third-order valence-electron chi connectivity index (χ3n) is 4.10. The zero-order valence-corrected chi connectivity index (χ0v) is 23.1. The van der Waals surface area contributed by atoms with Gasteiger partial charge in [-0.1, -0.05) is 27.4 Å². The molecule has 0 radical (unpaired) electrons. The van der Waals surface area contributed by atoms with E-state index >= 15 is 0 Å². The number of aromatic nitrogens is 2. The normalized spacial score (nSPS) is 10.2. The second kappa shape index (κ2) is 17.8. The van der Waals surface area contributed by atoms with E-state index in [4.69, 9.17) is 38.4 Å². The van der Waals surface area contributed by atoms with Crippen molar-refractivity contribution in [3.05, 3.63) is 72.3 Å². The molecule has 210 valence electrons. The second-order valence-electron chi connectivity index (χ2n) is 6.60. The molecule has 0 aliphatic rings. The van der Waals surface area contributed by atoms with E-state index in [2.05, 4.69) is 0 Å². The Hall–Kier alpha value is -2.61. The monoisotopic (exact) mass is 606 g/mol. The topological polar surface area (TPSA) is 122 Å². The minimum absolute atomic E-state index is 0. The number of ether oxygens (including phenoxy) is 2. The number of hydrogen-bond acceptors (Lipinski definition) is 7. The lowest BCUT2D eigenvalue weighted by atomic mass is 10.2. The molecule has 0 atom stereocenters. The molecule has 1 heterocycles. The van der Waals surface area contributed by atoms with Crippen molar-refractivity contribution in [3.8, 4) is 11.5 Å². The van der Waals surface area contributed by atoms with E-state index in [1.54, 1.807) is 38.4 Å². The van der Waals surface area contributed by atoms with Gasteiger partial charge in [-0.15, -0.1) is 27.1 Å². The first kappa shape index (κ1) is 36.5. The van der Waals surface area contributed by atoms with Gasteiger partial charge in [0.2, 0.25) is 0 Å². The summed E-state index contributed by atoms with van der Waals surface area (Å²) in [4.78, 5) is 0. The predicted molar refractivity (Wildman–Crippen MR) is 143 cm³/mol. The Morgan fingerprint density at radius 2 is 1.32 bits per heavy atom. The van der Waals surface area contributed by atoms with Crippen molar-refractivity contribution in [2.24, 2.45) is 7.05 Å². The van der Waals surface area contributed by atoms with Crippen LogP contribution < -0.4 is 19.8 Å². The average Bonchev–Trinajstić information content (AvgIpc) is 3.14. The molecule has 0 aliphatic heterocycles. The van der Waals surface area contributed by atoms with Gasteiger partial charge >= 0.3 is 20.6 Å². The van der Waals surface area contributed by atoms with E-state index in [0.717, 1.165) is 17.6 Å². The molecule has 0 bridgehead atoms. The highest BCUT2D eigenvalue weighted by molar-refractivity contribution is 7.85. The molecule has 1 aromatic heterocycles. The molecule has 15 heteroatoms. The highest BCUT2D eigenvalue weighted by Crippen LogP contribution is 2.14. The van der Waals surface area contributed by atoms with Gasteiger partial charge in [-0.3, -0.25) is 0 Å². The number of methoxy groups -OCH3 is 2. The van der Waals surface area contributed by atoms with Gasteiger partial charge in [-0.25, -0.2) is 4.57 Å². The van der Waals surface area contributed by atoms with Crippen molar-refractivity contribution in [3.63, 3.8) is 0 Å². The number of aryl methyl sites for hydroxylation is 1. The first-order chi connectivity index (χ1) is 16.7. The summed E-state index contributed by atoms with van der Waals surface area (Å²) in [5.74, 6) is 1.19. The lowest BCUT2D eigenvalue weighted by Gasteiger charge is -2.00. The molecule has 3 aromatic rings. The SMILES string of the molecule is C.COc1ccc(CS(=O)(=O)F)cc1.COc1ccc(N)cc1.Cc1n(S(=O)(=O)F)cc[n+]1C.ClCCl. The van der Waals surface area contributed by atoms with E-state index < -0.39 is 26.4 Å². The summed E-state index contributed by atoms with van der Waals surface area (Å²) in [7, 11) is -4.29. The van der Waals surface area contributed by atoms with Crippen LogP contribution in [0.1, 0.15) is 18.8 Å². The number of imidazole rings is 1. The Kier molecular flexibility index (Phi) is 17.6. The summed E-state index contributed by atoms with van der Waals surface area (Å²) in [5.41, 5.74) is 6.59. The fraction of sp³-hybridized carbons (Fsp3) is 0.318. The lowest BCUT2D eigenvalue weighted by Crippen LogP contribution is -2.30. The van der Waals surface area contributed by atoms with Crippen molar-refractivity contribution < 1.29 is 38.6 Å². The second-order valence-corrected chi connectivity index (χ2v) is 9.99. The van der Waals surface area contributed by atoms with Crippen LogP contribution in [0, 0.1) is 6.92 Å². The van der Waals surface area contributed by atoms with Gasteiger partial charge in [0.25, 0.3) is 5.82 Å². The Morgan fingerprint density at radius 1 is 0.919 bits per heavy atom. The summed E-state index contributed by atoms with van der Waals surface area (Å²) >= 11 is 9.53. The zero-order chi connectivity index (χ0) is 27.9. The molecule has 0 saturated carbocycles. The van der Waals surface area contributed by atoms with Gasteiger partial charge in [0, 0.05) is 12.6 Å². The largest absolute Gasteiger partial charge is 0.497 e. The van der Waals surface area contributed by atoms with Crippen molar-refractivity contribution in [1.82, 2.24) is 3.97 Å². The van der Waals surface area contributed by atoms with Crippen LogP contribution in [0.3, 0.4) is 0 Å². The van der Waals surface area contributed by atoms with Gasteiger partial charge in [-0.05, 0) is 42.0 Å². The number of halogens is 4. The first-order valence-electron chi connectivity index (χ1n) is 9.73. The van der Waals surface area contributed by atoms with Gasteiger partial charge < -0.3 is 15.2 Å². The molecule has 9 nitrogen and oxygen atoms in total. The number of nitrogens with two attached hydrogens (primary N) is 1. The quantitative estimate of drug-likeness (QED) is 0.196. The maximum absolute atomic E-state index is 12.3. The summed E-state index contributed by atoms with van der Waals surface area (Å²) in [6.07, 6.45) is 2.62. The maximum atomic E-state index is 12.3. The lowest BCUT2D eigenvalue weighted by molar-refractivity contribution is -0.676. The number of alkyl halides is 2. The van der Waals surface area contributed by atoms with Crippen molar-refractivity contribution in [1.29, 1.82) is 0 Å². The molecule has 0 aliphatic carbocycles. The zero-order valence-electron chi connectivity index (χ0n) is 19.9. The summed E-state index contributed by atoms with van der Waals surface area (Å²) in [5, 5.41) is 0.194. The first-order valence-corrected chi connectivity index (χ1v) is 13.7. The minimum Gasteiger partial charge on any atom is -0.497 e. The fourth-order valence-electron chi connectivity index (χ4n) is 2.29. The molecule has 37 heavy (non-hydrogen) atoms. The van der Waals surface area contributed by atoms with E-state index in [-0.39, 0.29) is 12.8 Å². The molecular formula is C22H32Cl2F2N3O6S2+. The molecule has 0 saturated heterocycles. The van der Waals surface area contributed by atoms with Crippen LogP contribution in [0.2, 0.25) is 0 Å². The van der Waals surface area contributed by atoms with Gasteiger partial charge in [-0.2, -0.15) is 16.8 Å². The highest BCUT2D eigenvalue weighted by Gasteiger charge is 2.22. The fourth-order valence-corrected chi connectivity index (χ4v) is 3.52. The van der Waals surface area contributed by atoms with Crippen LogP contribution >= 0.6 is 23.2 Å². The van der Waals surface area contributed by atoms with Crippen LogP contribution in [-0.4, -0.2) is 40.4 Å². The number of nitrogens with zero attached hydrogens (tertiary/aromatic N) is 2. The van der Waals surface area contributed by atoms with Gasteiger partial charge in [0.05, 0.1) is 26.6 Å². The third kappa shape index (κ3) is 16.0. The minimum atomic E-state index is -4.62. The molecule has 0 fully saturated rings. The van der Waals surface area contributed by atoms with Crippen molar-refractivity contribution in [2.75, 3.05) is 25.3 Å². The third-order valence-corrected chi connectivity index (χ3v) is 5.64. The smallest absolute Gasteiger partial charge is 0.480 e. The summed E-state index contributed by atoms with van der Waals surface area (Å²) < 4.78 is 77.6. The maximum Gasteiger partial charge on any atom is 0.480 e. The summed E-state index contributed by atoms with van der Waals surface area (Å²) in [6, 6.07) is 13.5. The number of hydrogen-bond donors (Lipinski definition) is 1. The standard InChI is InChI=1S/C8H9FO3S.C7H9NO.C5H8FN2O2S.CH2Cl2.CH4/c1-12-8-4-2-7(3-5-8)6-13(9,10)11;1-9-7-4-2-6(8)3-5-7;1-5-7(2)3-4-8(5)11(6,9)10;2-1-3;/h2-5H,6H2,1H3;2-5H,8H2,1H3;3-4H,1-2H3;1H2;1H4/q;;+1;;. The summed E-state index contributed by atoms with van der Waals surface area (Å²) in [6.45, 7) is 1.51. The van der Waals surface area contributed by atoms with Crippen LogP contribution in [0.25, 0.3) is 0 Å². The van der Waals surface area contributed by atoms with Crippen molar-refractivity contribution >= 4 is 49.5 Å².